The van der Waals surface area contributed by atoms with Crippen molar-refractivity contribution in [1.29, 1.82) is 0 Å². The number of aliphatic hydroxyl groups is 8. The van der Waals surface area contributed by atoms with Crippen molar-refractivity contribution in [3.05, 3.63) is 0 Å². The van der Waals surface area contributed by atoms with Crippen LogP contribution in [0.25, 0.3) is 0 Å². The van der Waals surface area contributed by atoms with Crippen molar-refractivity contribution in [3.63, 3.8) is 0 Å². The fourth-order valence-electron chi connectivity index (χ4n) is 2.17. The molecule has 1 rings (SSSR count). The van der Waals surface area contributed by atoms with Crippen LogP contribution >= 0.6 is 0 Å². The normalized spacial score (nSPS) is 30.8. The molecular weight excluding hydrogens is 400 g/mol. The Morgan fingerprint density at radius 2 is 1.58 bits per heavy atom. The average Bonchev–Trinajstić information content (AvgIpc) is 2.85. The Morgan fingerprint density at radius 3 is 1.96 bits per heavy atom. The van der Waals surface area contributed by atoms with Crippen LogP contribution in [-0.4, -0.2) is 128 Å². The molecule has 26 heavy (non-hydrogen) atoms. The maximum atomic E-state index is 9.84. The molecule has 12 nitrogen and oxygen atoms in total. The van der Waals surface area contributed by atoms with E-state index in [1.54, 1.807) is 0 Å². The summed E-state index contributed by atoms with van der Waals surface area (Å²) in [7, 11) is -4.33. The minimum Gasteiger partial charge on any atom is -0.726 e. The third kappa shape index (κ3) is 8.28. The van der Waals surface area contributed by atoms with Gasteiger partial charge < -0.3 is 45.4 Å². The van der Waals surface area contributed by atoms with E-state index in [0.29, 0.717) is 0 Å². The van der Waals surface area contributed by atoms with Gasteiger partial charge >= 0.3 is 0 Å². The van der Waals surface area contributed by atoms with Crippen LogP contribution in [0.15, 0.2) is 0 Å². The Bertz CT molecular complexity index is 489. The molecule has 158 valence electrons. The Labute approximate surface area is 153 Å². The molecule has 0 radical (unpaired) electrons. The first kappa shape index (κ1) is 25.9. The molecule has 0 aromatic carbocycles. The summed E-state index contributed by atoms with van der Waals surface area (Å²) in [5.41, 5.74) is 0. The van der Waals surface area contributed by atoms with E-state index in [-0.39, 0.29) is 18.1 Å². The van der Waals surface area contributed by atoms with Crippen LogP contribution in [0.4, 0.5) is 0 Å². The van der Waals surface area contributed by atoms with Gasteiger partial charge in [-0.25, -0.2) is 8.42 Å². The first-order chi connectivity index (χ1) is 11.9. The molecule has 0 aliphatic carbocycles. The second kappa shape index (κ2) is 11.7. The zero-order valence-electron chi connectivity index (χ0n) is 13.9. The summed E-state index contributed by atoms with van der Waals surface area (Å²) in [6.07, 6.45) is -8.42. The molecule has 0 bridgehead atoms. The smallest absolute Gasteiger partial charge is 0.217 e. The lowest BCUT2D eigenvalue weighted by atomic mass is 10.0. The summed E-state index contributed by atoms with van der Waals surface area (Å²) in [5, 5.41) is 74.7. The standard InChI is InChI=1S/C11H23O8S.CH4O4S/c12-1-5(14)10(18)11(19)7(16)4-20-3-6(15)9(17)8(20)2-13;1-5-6(2,3)4/h5-19H,1-4H2;1H3,(H,2,3,4)/q+1;/p-1/t5-,6+,7+,8+,9-,10+,11+,20?;/m0./s1. The molecule has 0 aromatic rings. The van der Waals surface area contributed by atoms with E-state index in [2.05, 4.69) is 4.18 Å². The minimum absolute atomic E-state index is 0.0320. The lowest BCUT2D eigenvalue weighted by Gasteiger charge is -2.25. The van der Waals surface area contributed by atoms with Gasteiger partial charge in [-0.2, -0.15) is 0 Å². The van der Waals surface area contributed by atoms with Gasteiger partial charge in [0.1, 0.15) is 48.1 Å². The Kier molecular flexibility index (Phi) is 11.6. The molecule has 0 amide bonds. The van der Waals surface area contributed by atoms with E-state index in [0.717, 1.165) is 7.11 Å². The van der Waals surface area contributed by atoms with Crippen LogP contribution in [0.2, 0.25) is 0 Å². The number of hydrogen-bond donors (Lipinski definition) is 8. The Morgan fingerprint density at radius 1 is 1.12 bits per heavy atom. The molecule has 0 aromatic heterocycles. The first-order valence-electron chi connectivity index (χ1n) is 7.37. The van der Waals surface area contributed by atoms with Gasteiger partial charge in [0.2, 0.25) is 10.4 Å². The van der Waals surface area contributed by atoms with Gasteiger partial charge in [0.15, 0.2) is 5.25 Å². The predicted octanol–water partition coefficient (Wildman–Crippen LogP) is -5.77. The summed E-state index contributed by atoms with van der Waals surface area (Å²) in [4.78, 5) is 0. The lowest BCUT2D eigenvalue weighted by molar-refractivity contribution is -0.109. The largest absolute Gasteiger partial charge is 0.726 e. The van der Waals surface area contributed by atoms with Gasteiger partial charge in [-0.1, -0.05) is 0 Å². The third-order valence-corrected chi connectivity index (χ3v) is 6.91. The second-order valence-electron chi connectivity index (χ2n) is 5.52. The fraction of sp³-hybridized carbons (Fsp3) is 1.00. The van der Waals surface area contributed by atoms with E-state index < -0.39 is 69.8 Å². The summed E-state index contributed by atoms with van der Waals surface area (Å²) in [6.45, 7) is -1.11. The Hall–Kier alpha value is -0.100. The van der Waals surface area contributed by atoms with Gasteiger partial charge in [0.25, 0.3) is 0 Å². The molecule has 0 spiro atoms. The molecule has 1 aliphatic rings. The van der Waals surface area contributed by atoms with Crippen LogP contribution in [-0.2, 0) is 25.5 Å². The molecule has 1 saturated heterocycles. The highest BCUT2D eigenvalue weighted by atomic mass is 32.3. The molecule has 1 unspecified atom stereocenters. The van der Waals surface area contributed by atoms with Gasteiger partial charge in [-0.15, -0.1) is 0 Å². The summed E-state index contributed by atoms with van der Waals surface area (Å²) >= 11 is 0. The van der Waals surface area contributed by atoms with E-state index in [1.807, 2.05) is 0 Å². The lowest BCUT2D eigenvalue weighted by Crippen LogP contribution is -2.49. The van der Waals surface area contributed by atoms with E-state index >= 15 is 0 Å². The van der Waals surface area contributed by atoms with E-state index in [9.17, 15) is 48.7 Å². The third-order valence-electron chi connectivity index (χ3n) is 3.68. The highest BCUT2D eigenvalue weighted by Gasteiger charge is 2.50. The van der Waals surface area contributed by atoms with Gasteiger partial charge in [0, 0.05) is 10.9 Å². The van der Waals surface area contributed by atoms with Crippen molar-refractivity contribution in [2.75, 3.05) is 31.8 Å². The van der Waals surface area contributed by atoms with Gasteiger partial charge in [-0.3, -0.25) is 4.18 Å². The maximum absolute atomic E-state index is 9.84. The molecule has 14 heteroatoms. The maximum Gasteiger partial charge on any atom is 0.217 e. The molecular formula is C12H26O12S2. The summed E-state index contributed by atoms with van der Waals surface area (Å²) in [5.74, 6) is 0.157. The molecule has 1 heterocycles. The number of hydrogen-bond acceptors (Lipinski definition) is 12. The van der Waals surface area contributed by atoms with Crippen LogP contribution in [0.5, 0.6) is 0 Å². The predicted molar refractivity (Wildman–Crippen MR) is 87.8 cm³/mol. The molecule has 8 atom stereocenters. The molecule has 0 saturated carbocycles. The molecule has 8 N–H and O–H groups in total. The van der Waals surface area contributed by atoms with E-state index in [1.165, 1.54) is 0 Å². The monoisotopic (exact) mass is 426 g/mol. The average molecular weight is 426 g/mol. The molecule has 1 aliphatic heterocycles. The van der Waals surface area contributed by atoms with Gasteiger partial charge in [-0.05, 0) is 0 Å². The van der Waals surface area contributed by atoms with Crippen molar-refractivity contribution in [2.24, 2.45) is 0 Å². The van der Waals surface area contributed by atoms with Crippen LogP contribution < -0.4 is 0 Å². The van der Waals surface area contributed by atoms with Crippen LogP contribution in [0.1, 0.15) is 0 Å². The quantitative estimate of drug-likeness (QED) is 0.103. The fourth-order valence-corrected chi connectivity index (χ4v) is 4.86. The van der Waals surface area contributed by atoms with Crippen molar-refractivity contribution in [3.8, 4) is 0 Å². The minimum atomic E-state index is -4.41. The SMILES string of the molecule is COS(=O)(=O)[O-].OC[C@@H]1[C@@H](O)[C@H](O)C[S+]1C[C@@H](O)[C@@H](O)[C@H](O)[C@@H](O)CO. The second-order valence-corrected chi connectivity index (χ2v) is 9.02. The van der Waals surface area contributed by atoms with Crippen LogP contribution in [0, 0.1) is 0 Å². The zero-order valence-corrected chi connectivity index (χ0v) is 15.5. The van der Waals surface area contributed by atoms with Crippen molar-refractivity contribution >= 4 is 21.3 Å². The van der Waals surface area contributed by atoms with Crippen molar-refractivity contribution in [1.82, 2.24) is 0 Å². The Balaban J connectivity index is 0.000000896. The number of aliphatic hydroxyl groups excluding tert-OH is 8. The van der Waals surface area contributed by atoms with E-state index in [4.69, 9.17) is 5.11 Å². The van der Waals surface area contributed by atoms with Crippen molar-refractivity contribution < 1.29 is 58.0 Å². The first-order valence-corrected chi connectivity index (χ1v) is 10.3. The zero-order chi connectivity index (χ0) is 20.7. The topological polar surface area (TPSA) is 228 Å². The molecule has 1 fully saturated rings. The highest BCUT2D eigenvalue weighted by molar-refractivity contribution is 7.97. The van der Waals surface area contributed by atoms with Crippen molar-refractivity contribution in [2.45, 2.75) is 41.9 Å². The highest BCUT2D eigenvalue weighted by Crippen LogP contribution is 2.25. The summed E-state index contributed by atoms with van der Waals surface area (Å²) in [6, 6.07) is 0. The number of rotatable bonds is 8. The summed E-state index contributed by atoms with van der Waals surface area (Å²) < 4.78 is 31.0. The van der Waals surface area contributed by atoms with Gasteiger partial charge in [0.05, 0.1) is 20.3 Å². The van der Waals surface area contributed by atoms with Crippen LogP contribution in [0.3, 0.4) is 0 Å².